The van der Waals surface area contributed by atoms with Crippen molar-refractivity contribution in [3.05, 3.63) is 76.1 Å². The van der Waals surface area contributed by atoms with Crippen molar-refractivity contribution in [2.24, 2.45) is 0 Å². The topological polar surface area (TPSA) is 79.6 Å². The van der Waals surface area contributed by atoms with Crippen molar-refractivity contribution in [1.82, 2.24) is 4.90 Å². The lowest BCUT2D eigenvalue weighted by Gasteiger charge is -2.15. The minimum atomic E-state index is -0.677. The molecule has 1 aliphatic rings. The number of carbonyl (C=O) groups is 2. The van der Waals surface area contributed by atoms with Crippen LogP contribution in [0.4, 0.5) is 5.69 Å². The summed E-state index contributed by atoms with van der Waals surface area (Å²) in [7, 11) is 0. The van der Waals surface area contributed by atoms with E-state index in [1.807, 2.05) is 23.1 Å². The molecular weight excluding hydrogens is 356 g/mol. The van der Waals surface area contributed by atoms with Crippen molar-refractivity contribution >= 4 is 28.5 Å². The maximum atomic E-state index is 12.5. The zero-order valence-corrected chi connectivity index (χ0v) is 15.3. The number of amides is 2. The van der Waals surface area contributed by atoms with Gasteiger partial charge in [-0.1, -0.05) is 30.3 Å². The zero-order chi connectivity index (χ0) is 19.5. The lowest BCUT2D eigenvalue weighted by molar-refractivity contribution is -0.129. The first-order valence-electron chi connectivity index (χ1n) is 9.31. The number of para-hydroxylation sites is 1. The van der Waals surface area contributed by atoms with E-state index in [0.29, 0.717) is 23.1 Å². The molecule has 1 aliphatic heterocycles. The molecule has 0 saturated carbocycles. The maximum absolute atomic E-state index is 12.5. The molecule has 142 valence electrons. The van der Waals surface area contributed by atoms with Gasteiger partial charge in [0.2, 0.25) is 5.91 Å². The standard InChI is InChI=1S/C22H20N2O4/c25-20(24-11-3-4-12-24)13-15-7-9-17(10-8-15)23-21(26)18-14-16-5-1-2-6-19(16)28-22(18)27/h1-2,5-10,14H,3-4,11-13H2,(H,23,26). The smallest absolute Gasteiger partial charge is 0.349 e. The summed E-state index contributed by atoms with van der Waals surface area (Å²) in [5, 5.41) is 3.39. The third-order valence-electron chi connectivity index (χ3n) is 4.91. The summed E-state index contributed by atoms with van der Waals surface area (Å²) in [5.74, 6) is -0.400. The Kier molecular flexibility index (Phi) is 4.93. The normalized spacial score (nSPS) is 13.6. The Hall–Kier alpha value is -3.41. The number of rotatable bonds is 4. The number of anilines is 1. The van der Waals surface area contributed by atoms with Gasteiger partial charge in [0, 0.05) is 24.2 Å². The van der Waals surface area contributed by atoms with E-state index >= 15 is 0 Å². The van der Waals surface area contributed by atoms with Gasteiger partial charge >= 0.3 is 5.63 Å². The number of hydrogen-bond acceptors (Lipinski definition) is 4. The fraction of sp³-hybridized carbons (Fsp3) is 0.227. The highest BCUT2D eigenvalue weighted by Crippen LogP contribution is 2.16. The van der Waals surface area contributed by atoms with Crippen LogP contribution in [-0.4, -0.2) is 29.8 Å². The van der Waals surface area contributed by atoms with Gasteiger partial charge in [-0.2, -0.15) is 0 Å². The Morgan fingerprint density at radius 3 is 2.46 bits per heavy atom. The molecule has 1 saturated heterocycles. The van der Waals surface area contributed by atoms with Gasteiger partial charge in [0.25, 0.3) is 5.91 Å². The van der Waals surface area contributed by atoms with E-state index in [0.717, 1.165) is 31.5 Å². The molecule has 0 atom stereocenters. The molecule has 1 fully saturated rings. The number of benzene rings is 2. The Bertz CT molecular complexity index is 1080. The first-order chi connectivity index (χ1) is 13.6. The largest absolute Gasteiger partial charge is 0.422 e. The summed E-state index contributed by atoms with van der Waals surface area (Å²) in [6.45, 7) is 1.67. The average molecular weight is 376 g/mol. The van der Waals surface area contributed by atoms with Crippen LogP contribution in [0.1, 0.15) is 28.8 Å². The van der Waals surface area contributed by atoms with Crippen LogP contribution < -0.4 is 10.9 Å². The highest BCUT2D eigenvalue weighted by atomic mass is 16.4. The van der Waals surface area contributed by atoms with Gasteiger partial charge in [0.05, 0.1) is 6.42 Å². The monoisotopic (exact) mass is 376 g/mol. The van der Waals surface area contributed by atoms with Crippen molar-refractivity contribution in [2.75, 3.05) is 18.4 Å². The molecule has 2 amide bonds. The number of hydrogen-bond donors (Lipinski definition) is 1. The second-order valence-corrected chi connectivity index (χ2v) is 6.90. The van der Waals surface area contributed by atoms with Gasteiger partial charge in [-0.15, -0.1) is 0 Å². The van der Waals surface area contributed by atoms with Crippen LogP contribution in [0.15, 0.2) is 63.8 Å². The minimum Gasteiger partial charge on any atom is -0.422 e. The van der Waals surface area contributed by atoms with Crippen molar-refractivity contribution in [1.29, 1.82) is 0 Å². The number of carbonyl (C=O) groups excluding carboxylic acids is 2. The Morgan fingerprint density at radius 2 is 1.71 bits per heavy atom. The molecule has 3 aromatic rings. The molecule has 0 aliphatic carbocycles. The predicted molar refractivity (Wildman–Crippen MR) is 106 cm³/mol. The van der Waals surface area contributed by atoms with Gasteiger partial charge in [-0.3, -0.25) is 9.59 Å². The second-order valence-electron chi connectivity index (χ2n) is 6.90. The Labute approximate surface area is 161 Å². The average Bonchev–Trinajstić information content (AvgIpc) is 3.24. The molecular formula is C22H20N2O4. The summed E-state index contributed by atoms with van der Waals surface area (Å²) in [4.78, 5) is 38.7. The summed E-state index contributed by atoms with van der Waals surface area (Å²) < 4.78 is 5.20. The third-order valence-corrected chi connectivity index (χ3v) is 4.91. The fourth-order valence-corrected chi connectivity index (χ4v) is 3.38. The molecule has 2 heterocycles. The summed E-state index contributed by atoms with van der Waals surface area (Å²) in [6.07, 6.45) is 2.49. The van der Waals surface area contributed by atoms with Gasteiger partial charge in [-0.05, 0) is 42.7 Å². The van der Waals surface area contributed by atoms with Crippen molar-refractivity contribution in [2.45, 2.75) is 19.3 Å². The lowest BCUT2D eigenvalue weighted by atomic mass is 10.1. The van der Waals surface area contributed by atoms with Gasteiger partial charge in [0.1, 0.15) is 11.1 Å². The van der Waals surface area contributed by atoms with Crippen LogP contribution in [-0.2, 0) is 11.2 Å². The van der Waals surface area contributed by atoms with E-state index in [1.165, 1.54) is 6.07 Å². The van der Waals surface area contributed by atoms with E-state index in [9.17, 15) is 14.4 Å². The number of likely N-dealkylation sites (tertiary alicyclic amines) is 1. The first-order valence-corrected chi connectivity index (χ1v) is 9.31. The van der Waals surface area contributed by atoms with E-state index in [2.05, 4.69) is 5.32 Å². The van der Waals surface area contributed by atoms with Gasteiger partial charge < -0.3 is 14.6 Å². The van der Waals surface area contributed by atoms with Crippen LogP contribution in [0.25, 0.3) is 11.0 Å². The third kappa shape index (κ3) is 3.81. The predicted octanol–water partition coefficient (Wildman–Crippen LogP) is 3.21. The van der Waals surface area contributed by atoms with Crippen molar-refractivity contribution in [3.8, 4) is 0 Å². The molecule has 0 spiro atoms. The highest BCUT2D eigenvalue weighted by molar-refractivity contribution is 6.05. The summed E-state index contributed by atoms with van der Waals surface area (Å²) >= 11 is 0. The van der Waals surface area contributed by atoms with E-state index in [-0.39, 0.29) is 11.5 Å². The molecule has 6 heteroatoms. The molecule has 0 radical (unpaired) electrons. The van der Waals surface area contributed by atoms with Gasteiger partial charge in [0.15, 0.2) is 0 Å². The van der Waals surface area contributed by atoms with Crippen LogP contribution >= 0.6 is 0 Å². The van der Waals surface area contributed by atoms with Gasteiger partial charge in [-0.25, -0.2) is 4.79 Å². The molecule has 2 aromatic carbocycles. The molecule has 1 N–H and O–H groups in total. The van der Waals surface area contributed by atoms with Crippen LogP contribution in [0.5, 0.6) is 0 Å². The summed E-state index contributed by atoms with van der Waals surface area (Å²) in [6, 6.07) is 15.6. The molecule has 28 heavy (non-hydrogen) atoms. The summed E-state index contributed by atoms with van der Waals surface area (Å²) in [5.41, 5.74) is 1.15. The van der Waals surface area contributed by atoms with Crippen LogP contribution in [0.2, 0.25) is 0 Å². The van der Waals surface area contributed by atoms with Crippen molar-refractivity contribution in [3.63, 3.8) is 0 Å². The molecule has 6 nitrogen and oxygen atoms in total. The lowest BCUT2D eigenvalue weighted by Crippen LogP contribution is -2.29. The molecule has 0 bridgehead atoms. The van der Waals surface area contributed by atoms with Crippen LogP contribution in [0.3, 0.4) is 0 Å². The Morgan fingerprint density at radius 1 is 1.00 bits per heavy atom. The number of fused-ring (bicyclic) bond motifs is 1. The fourth-order valence-electron chi connectivity index (χ4n) is 3.38. The first kappa shape index (κ1) is 18.0. The minimum absolute atomic E-state index is 0.0491. The second kappa shape index (κ2) is 7.68. The highest BCUT2D eigenvalue weighted by Gasteiger charge is 2.18. The SMILES string of the molecule is O=C(Nc1ccc(CC(=O)N2CCCC2)cc1)c1cc2ccccc2oc1=O. The zero-order valence-electron chi connectivity index (χ0n) is 15.3. The van der Waals surface area contributed by atoms with Crippen molar-refractivity contribution < 1.29 is 14.0 Å². The number of nitrogens with zero attached hydrogens (tertiary/aromatic N) is 1. The Balaban J connectivity index is 1.45. The van der Waals surface area contributed by atoms with E-state index in [1.54, 1.807) is 30.3 Å². The van der Waals surface area contributed by atoms with E-state index < -0.39 is 11.5 Å². The molecule has 4 rings (SSSR count). The molecule has 0 unspecified atom stereocenters. The van der Waals surface area contributed by atoms with E-state index in [4.69, 9.17) is 4.42 Å². The quantitative estimate of drug-likeness (QED) is 0.709. The van der Waals surface area contributed by atoms with Crippen LogP contribution in [0, 0.1) is 0 Å². The molecule has 1 aromatic heterocycles. The number of nitrogens with one attached hydrogen (secondary N) is 1. The maximum Gasteiger partial charge on any atom is 0.349 e.